The fourth-order valence-electron chi connectivity index (χ4n) is 1.74. The summed E-state index contributed by atoms with van der Waals surface area (Å²) in [5.41, 5.74) is 1.33. The van der Waals surface area contributed by atoms with Crippen molar-refractivity contribution in [1.29, 1.82) is 0 Å². The molecule has 8 heteroatoms. The van der Waals surface area contributed by atoms with Crippen LogP contribution in [0, 0.1) is 5.82 Å². The van der Waals surface area contributed by atoms with Crippen molar-refractivity contribution in [3.8, 4) is 0 Å². The van der Waals surface area contributed by atoms with E-state index >= 15 is 0 Å². The molecule has 0 atom stereocenters. The fourth-order valence-corrected chi connectivity index (χ4v) is 1.74. The number of ether oxygens (including phenoxy) is 1. The second-order valence-electron chi connectivity index (χ2n) is 4.22. The Morgan fingerprint density at radius 1 is 1.50 bits per heavy atom. The third kappa shape index (κ3) is 3.03. The standard InChI is InChI=1S/C10H16FN5O2/c11-7-5-13-9(16-12)15-8(7)14-6-10(17)1-3-18-4-2-10/h5,17H,1-4,6,12H2,(H2,13,14,15,16). The molecule has 1 aromatic heterocycles. The van der Waals surface area contributed by atoms with E-state index in [9.17, 15) is 9.50 Å². The first kappa shape index (κ1) is 12.9. The fraction of sp³-hybridized carbons (Fsp3) is 0.600. The molecule has 0 aliphatic carbocycles. The van der Waals surface area contributed by atoms with Crippen LogP contribution in [0.15, 0.2) is 6.20 Å². The van der Waals surface area contributed by atoms with E-state index in [1.807, 2.05) is 0 Å². The number of nitrogens with one attached hydrogen (secondary N) is 2. The van der Waals surface area contributed by atoms with Crippen LogP contribution in [0.2, 0.25) is 0 Å². The number of aliphatic hydroxyl groups is 1. The second-order valence-corrected chi connectivity index (χ2v) is 4.22. The average molecular weight is 257 g/mol. The number of nitrogens with zero attached hydrogens (tertiary/aromatic N) is 2. The highest BCUT2D eigenvalue weighted by Gasteiger charge is 2.29. The largest absolute Gasteiger partial charge is 0.388 e. The maximum atomic E-state index is 13.4. The van der Waals surface area contributed by atoms with Gasteiger partial charge in [0.1, 0.15) is 0 Å². The van der Waals surface area contributed by atoms with E-state index in [-0.39, 0.29) is 18.3 Å². The van der Waals surface area contributed by atoms with Gasteiger partial charge >= 0.3 is 0 Å². The summed E-state index contributed by atoms with van der Waals surface area (Å²) in [6, 6.07) is 0. The second kappa shape index (κ2) is 5.42. The maximum absolute atomic E-state index is 13.4. The number of rotatable bonds is 4. The first-order valence-electron chi connectivity index (χ1n) is 5.66. The zero-order chi connectivity index (χ0) is 13.0. The van der Waals surface area contributed by atoms with Gasteiger partial charge in [0, 0.05) is 32.6 Å². The lowest BCUT2D eigenvalue weighted by molar-refractivity contribution is -0.0544. The number of anilines is 2. The van der Waals surface area contributed by atoms with Gasteiger partial charge in [0.2, 0.25) is 5.95 Å². The number of hydrogen-bond acceptors (Lipinski definition) is 7. The zero-order valence-corrected chi connectivity index (χ0v) is 9.82. The highest BCUT2D eigenvalue weighted by molar-refractivity contribution is 5.40. The lowest BCUT2D eigenvalue weighted by Crippen LogP contribution is -2.42. The summed E-state index contributed by atoms with van der Waals surface area (Å²) < 4.78 is 18.6. The molecule has 7 nitrogen and oxygen atoms in total. The summed E-state index contributed by atoms with van der Waals surface area (Å²) in [4.78, 5) is 7.46. The number of nitrogens with two attached hydrogens (primary N) is 1. The van der Waals surface area contributed by atoms with E-state index in [1.54, 1.807) is 0 Å². The Labute approximate surface area is 104 Å². The Balaban J connectivity index is 2.00. The number of aromatic nitrogens is 2. The average Bonchev–Trinajstić information content (AvgIpc) is 2.39. The molecule has 0 bridgehead atoms. The number of halogens is 1. The highest BCUT2D eigenvalue weighted by Crippen LogP contribution is 2.21. The SMILES string of the molecule is NNc1ncc(F)c(NCC2(O)CCOCC2)n1. The summed E-state index contributed by atoms with van der Waals surface area (Å²) in [5, 5.41) is 13.0. The van der Waals surface area contributed by atoms with Crippen molar-refractivity contribution in [3.05, 3.63) is 12.0 Å². The van der Waals surface area contributed by atoms with Crippen LogP contribution in [0.3, 0.4) is 0 Å². The van der Waals surface area contributed by atoms with Crippen molar-refractivity contribution in [3.63, 3.8) is 0 Å². The van der Waals surface area contributed by atoms with Gasteiger partial charge in [-0.15, -0.1) is 0 Å². The van der Waals surface area contributed by atoms with Crippen molar-refractivity contribution in [2.75, 3.05) is 30.5 Å². The van der Waals surface area contributed by atoms with E-state index < -0.39 is 11.4 Å². The van der Waals surface area contributed by atoms with E-state index in [0.29, 0.717) is 26.1 Å². The smallest absolute Gasteiger partial charge is 0.239 e. The number of hydrazine groups is 1. The molecule has 0 spiro atoms. The van der Waals surface area contributed by atoms with E-state index in [4.69, 9.17) is 10.6 Å². The first-order valence-corrected chi connectivity index (χ1v) is 5.66. The van der Waals surface area contributed by atoms with Crippen LogP contribution in [-0.2, 0) is 4.74 Å². The van der Waals surface area contributed by atoms with Crippen molar-refractivity contribution in [2.24, 2.45) is 5.84 Å². The molecule has 1 fully saturated rings. The molecule has 2 rings (SSSR count). The van der Waals surface area contributed by atoms with E-state index in [2.05, 4.69) is 20.7 Å². The van der Waals surface area contributed by atoms with Gasteiger partial charge in [0.15, 0.2) is 11.6 Å². The molecule has 0 radical (unpaired) electrons. The molecule has 1 aromatic rings. The molecule has 0 aromatic carbocycles. The minimum absolute atomic E-state index is 0.0119. The summed E-state index contributed by atoms with van der Waals surface area (Å²) >= 11 is 0. The van der Waals surface area contributed by atoms with Crippen molar-refractivity contribution in [1.82, 2.24) is 9.97 Å². The normalized spacial score (nSPS) is 18.4. The van der Waals surface area contributed by atoms with Crippen molar-refractivity contribution in [2.45, 2.75) is 18.4 Å². The first-order chi connectivity index (χ1) is 8.63. The lowest BCUT2D eigenvalue weighted by Gasteiger charge is -2.32. The summed E-state index contributed by atoms with van der Waals surface area (Å²) in [6.07, 6.45) is 2.03. The van der Waals surface area contributed by atoms with Crippen molar-refractivity contribution >= 4 is 11.8 Å². The molecule has 100 valence electrons. The third-order valence-corrected chi connectivity index (χ3v) is 2.88. The predicted molar refractivity (Wildman–Crippen MR) is 63.3 cm³/mol. The molecule has 1 saturated heterocycles. The Kier molecular flexibility index (Phi) is 3.90. The molecular weight excluding hydrogens is 241 g/mol. The van der Waals surface area contributed by atoms with Crippen LogP contribution in [0.4, 0.5) is 16.2 Å². The van der Waals surface area contributed by atoms with Gasteiger partial charge in [-0.3, -0.25) is 5.43 Å². The van der Waals surface area contributed by atoms with Gasteiger partial charge in [0.25, 0.3) is 0 Å². The highest BCUT2D eigenvalue weighted by atomic mass is 19.1. The summed E-state index contributed by atoms with van der Waals surface area (Å²) in [5.74, 6) is 4.67. The van der Waals surface area contributed by atoms with Crippen LogP contribution in [0.5, 0.6) is 0 Å². The predicted octanol–water partition coefficient (Wildman–Crippen LogP) is -0.145. The van der Waals surface area contributed by atoms with E-state index in [0.717, 1.165) is 6.20 Å². The van der Waals surface area contributed by atoms with Gasteiger partial charge in [-0.05, 0) is 0 Å². The molecule has 18 heavy (non-hydrogen) atoms. The minimum atomic E-state index is -0.897. The van der Waals surface area contributed by atoms with Gasteiger partial charge in [-0.1, -0.05) is 0 Å². The molecule has 2 heterocycles. The third-order valence-electron chi connectivity index (χ3n) is 2.88. The van der Waals surface area contributed by atoms with Gasteiger partial charge in [0.05, 0.1) is 11.8 Å². The number of hydrogen-bond donors (Lipinski definition) is 4. The summed E-state index contributed by atoms with van der Waals surface area (Å²) in [6.45, 7) is 1.20. The van der Waals surface area contributed by atoms with Crippen molar-refractivity contribution < 1.29 is 14.2 Å². The number of nitrogen functional groups attached to an aromatic ring is 1. The Bertz CT molecular complexity index is 411. The Hall–Kier alpha value is -1.51. The van der Waals surface area contributed by atoms with Crippen LogP contribution >= 0.6 is 0 Å². The van der Waals surface area contributed by atoms with Crippen LogP contribution in [-0.4, -0.2) is 40.4 Å². The van der Waals surface area contributed by atoms with Gasteiger partial charge in [-0.2, -0.15) is 4.98 Å². The summed E-state index contributed by atoms with van der Waals surface area (Å²) in [7, 11) is 0. The Morgan fingerprint density at radius 3 is 2.89 bits per heavy atom. The topological polar surface area (TPSA) is 105 Å². The van der Waals surface area contributed by atoms with Crippen LogP contribution in [0.1, 0.15) is 12.8 Å². The molecule has 1 aliphatic heterocycles. The molecule has 5 N–H and O–H groups in total. The van der Waals surface area contributed by atoms with E-state index in [1.165, 1.54) is 0 Å². The lowest BCUT2D eigenvalue weighted by atomic mass is 9.94. The van der Waals surface area contributed by atoms with Gasteiger partial charge in [-0.25, -0.2) is 15.2 Å². The molecule has 0 saturated carbocycles. The van der Waals surface area contributed by atoms with Crippen LogP contribution in [0.25, 0.3) is 0 Å². The molecule has 0 unspecified atom stereocenters. The monoisotopic (exact) mass is 257 g/mol. The van der Waals surface area contributed by atoms with Crippen LogP contribution < -0.4 is 16.6 Å². The molecule has 1 aliphatic rings. The zero-order valence-electron chi connectivity index (χ0n) is 9.82. The minimum Gasteiger partial charge on any atom is -0.388 e. The Morgan fingerprint density at radius 2 is 2.22 bits per heavy atom. The maximum Gasteiger partial charge on any atom is 0.239 e. The quantitative estimate of drug-likeness (QED) is 0.439. The van der Waals surface area contributed by atoms with Gasteiger partial charge < -0.3 is 15.2 Å². The molecular formula is C10H16FN5O2. The molecule has 0 amide bonds.